The molecule has 0 N–H and O–H groups in total. The Morgan fingerprint density at radius 1 is 1.35 bits per heavy atom. The molecule has 23 heavy (non-hydrogen) atoms. The van der Waals surface area contributed by atoms with E-state index in [0.717, 1.165) is 11.3 Å². The van der Waals surface area contributed by atoms with Gasteiger partial charge >= 0.3 is 5.97 Å². The summed E-state index contributed by atoms with van der Waals surface area (Å²) >= 11 is 0. The second-order valence-electron chi connectivity index (χ2n) is 6.15. The first kappa shape index (κ1) is 14.5. The van der Waals surface area contributed by atoms with Crippen molar-refractivity contribution in [2.75, 3.05) is 20.3 Å². The van der Waals surface area contributed by atoms with Gasteiger partial charge in [0.2, 0.25) is 5.91 Å². The van der Waals surface area contributed by atoms with Crippen LogP contribution in [-0.4, -0.2) is 43.1 Å². The fourth-order valence-corrected chi connectivity index (χ4v) is 3.97. The van der Waals surface area contributed by atoms with Gasteiger partial charge in [0, 0.05) is 11.5 Å². The third-order valence-electron chi connectivity index (χ3n) is 5.05. The lowest BCUT2D eigenvalue weighted by atomic mass is 10.1. The summed E-state index contributed by atoms with van der Waals surface area (Å²) in [4.78, 5) is 26.4. The number of ether oxygens (including phenoxy) is 3. The molecule has 3 aliphatic rings. The van der Waals surface area contributed by atoms with Crippen LogP contribution in [0.1, 0.15) is 18.7 Å². The Morgan fingerprint density at radius 3 is 2.74 bits per heavy atom. The Bertz CT molecular complexity index is 643. The molecule has 2 aliphatic heterocycles. The molecule has 1 aromatic rings. The van der Waals surface area contributed by atoms with Gasteiger partial charge in [-0.3, -0.25) is 9.59 Å². The summed E-state index contributed by atoms with van der Waals surface area (Å²) in [5, 5.41) is 0. The minimum atomic E-state index is -0.367. The normalized spacial score (nSPS) is 34.1. The van der Waals surface area contributed by atoms with Crippen molar-refractivity contribution in [2.24, 2.45) is 17.8 Å². The molecule has 6 nitrogen and oxygen atoms in total. The Kier molecular flexibility index (Phi) is 3.30. The second-order valence-corrected chi connectivity index (χ2v) is 6.15. The number of amides is 1. The van der Waals surface area contributed by atoms with E-state index in [9.17, 15) is 9.59 Å². The molecule has 6 heteroatoms. The van der Waals surface area contributed by atoms with E-state index in [-0.39, 0.29) is 41.9 Å². The van der Waals surface area contributed by atoms with Gasteiger partial charge < -0.3 is 19.1 Å². The van der Waals surface area contributed by atoms with Gasteiger partial charge in [0.25, 0.3) is 0 Å². The SMILES string of the molecule is CCOC(=O)[C@H]1[C@H]2C(=O)N3[C@@H](c4ccc(OC)cc4)OC[C@@H]3[C@H]21. The maximum atomic E-state index is 12.7. The maximum absolute atomic E-state index is 12.7. The highest BCUT2D eigenvalue weighted by Crippen LogP contribution is 2.60. The van der Waals surface area contributed by atoms with Gasteiger partial charge in [0.05, 0.1) is 38.2 Å². The zero-order valence-corrected chi connectivity index (χ0v) is 13.1. The second kappa shape index (κ2) is 5.23. The van der Waals surface area contributed by atoms with Crippen molar-refractivity contribution in [3.63, 3.8) is 0 Å². The summed E-state index contributed by atoms with van der Waals surface area (Å²) < 4.78 is 16.1. The van der Waals surface area contributed by atoms with Gasteiger partial charge in [-0.2, -0.15) is 0 Å². The predicted octanol–water partition coefficient (Wildman–Crippen LogP) is 1.36. The highest BCUT2D eigenvalue weighted by Gasteiger charge is 2.72. The van der Waals surface area contributed by atoms with Crippen LogP contribution < -0.4 is 4.74 Å². The highest BCUT2D eigenvalue weighted by atomic mass is 16.5. The first-order valence-electron chi connectivity index (χ1n) is 7.91. The Labute approximate surface area is 134 Å². The number of fused-ring (bicyclic) bond motifs is 3. The van der Waals surface area contributed by atoms with E-state index in [0.29, 0.717) is 13.2 Å². The fourth-order valence-electron chi connectivity index (χ4n) is 3.97. The number of rotatable bonds is 4. The van der Waals surface area contributed by atoms with E-state index in [1.165, 1.54) is 0 Å². The third-order valence-corrected chi connectivity index (χ3v) is 5.05. The van der Waals surface area contributed by atoms with Gasteiger partial charge in [-0.1, -0.05) is 12.1 Å². The molecule has 2 saturated heterocycles. The number of esters is 1. The van der Waals surface area contributed by atoms with Crippen LogP contribution in [0.15, 0.2) is 24.3 Å². The van der Waals surface area contributed by atoms with Gasteiger partial charge in [-0.15, -0.1) is 0 Å². The van der Waals surface area contributed by atoms with Crippen LogP contribution in [-0.2, 0) is 19.1 Å². The molecule has 0 spiro atoms. The van der Waals surface area contributed by atoms with Gasteiger partial charge in [-0.05, 0) is 19.1 Å². The van der Waals surface area contributed by atoms with Crippen LogP contribution in [0.4, 0.5) is 0 Å². The summed E-state index contributed by atoms with van der Waals surface area (Å²) in [6.45, 7) is 2.60. The Balaban J connectivity index is 1.52. The van der Waals surface area contributed by atoms with Crippen molar-refractivity contribution < 1.29 is 23.8 Å². The Morgan fingerprint density at radius 2 is 2.09 bits per heavy atom. The fraction of sp³-hybridized carbons (Fsp3) is 0.529. The number of carbonyl (C=O) groups is 2. The molecule has 0 bridgehead atoms. The lowest BCUT2D eigenvalue weighted by Gasteiger charge is -2.25. The smallest absolute Gasteiger partial charge is 0.310 e. The quantitative estimate of drug-likeness (QED) is 0.785. The van der Waals surface area contributed by atoms with Gasteiger partial charge in [0.1, 0.15) is 5.75 Å². The molecule has 0 unspecified atom stereocenters. The minimum absolute atomic E-state index is 0.0105. The van der Waals surface area contributed by atoms with Crippen LogP contribution in [0.2, 0.25) is 0 Å². The number of carbonyl (C=O) groups excluding carboxylic acids is 2. The Hall–Kier alpha value is -2.08. The summed E-state index contributed by atoms with van der Waals surface area (Å²) in [6.07, 6.45) is -0.367. The topological polar surface area (TPSA) is 65.1 Å². The van der Waals surface area contributed by atoms with E-state index in [1.807, 2.05) is 24.3 Å². The molecule has 3 fully saturated rings. The van der Waals surface area contributed by atoms with Crippen LogP contribution >= 0.6 is 0 Å². The molecule has 1 saturated carbocycles. The minimum Gasteiger partial charge on any atom is -0.497 e. The van der Waals surface area contributed by atoms with Crippen molar-refractivity contribution >= 4 is 11.9 Å². The summed E-state index contributed by atoms with van der Waals surface area (Å²) in [5.41, 5.74) is 0.927. The number of hydrogen-bond acceptors (Lipinski definition) is 5. The summed E-state index contributed by atoms with van der Waals surface area (Å²) in [7, 11) is 1.62. The molecule has 0 radical (unpaired) electrons. The molecule has 4 rings (SSSR count). The molecule has 0 aromatic heterocycles. The van der Waals surface area contributed by atoms with E-state index < -0.39 is 0 Å². The van der Waals surface area contributed by atoms with Crippen LogP contribution in [0.3, 0.4) is 0 Å². The molecule has 1 aliphatic carbocycles. The molecular weight excluding hydrogens is 298 g/mol. The van der Waals surface area contributed by atoms with Crippen molar-refractivity contribution in [1.29, 1.82) is 0 Å². The van der Waals surface area contributed by atoms with Crippen LogP contribution in [0, 0.1) is 17.8 Å². The first-order valence-corrected chi connectivity index (χ1v) is 7.91. The zero-order chi connectivity index (χ0) is 16.1. The molecule has 1 amide bonds. The van der Waals surface area contributed by atoms with Crippen molar-refractivity contribution in [2.45, 2.75) is 19.2 Å². The van der Waals surface area contributed by atoms with E-state index in [1.54, 1.807) is 18.9 Å². The van der Waals surface area contributed by atoms with Gasteiger partial charge in [-0.25, -0.2) is 0 Å². The molecule has 5 atom stereocenters. The van der Waals surface area contributed by atoms with Crippen LogP contribution in [0.5, 0.6) is 5.75 Å². The lowest BCUT2D eigenvalue weighted by Crippen LogP contribution is -2.37. The number of benzene rings is 1. The van der Waals surface area contributed by atoms with E-state index in [2.05, 4.69) is 0 Å². The third kappa shape index (κ3) is 2.05. The number of methoxy groups -OCH3 is 1. The molecule has 1 aromatic carbocycles. The van der Waals surface area contributed by atoms with Crippen molar-refractivity contribution in [3.8, 4) is 5.75 Å². The van der Waals surface area contributed by atoms with Crippen molar-refractivity contribution in [1.82, 2.24) is 4.90 Å². The average Bonchev–Trinajstić information content (AvgIpc) is 3.05. The summed E-state index contributed by atoms with van der Waals surface area (Å²) in [5.74, 6) is 0.0800. The van der Waals surface area contributed by atoms with Crippen LogP contribution in [0.25, 0.3) is 0 Å². The monoisotopic (exact) mass is 317 g/mol. The number of hydrogen-bond donors (Lipinski definition) is 0. The lowest BCUT2D eigenvalue weighted by molar-refractivity contribution is -0.149. The van der Waals surface area contributed by atoms with Gasteiger partial charge in [0.15, 0.2) is 6.23 Å². The first-order chi connectivity index (χ1) is 11.2. The summed E-state index contributed by atoms with van der Waals surface area (Å²) in [6, 6.07) is 7.51. The zero-order valence-electron chi connectivity index (χ0n) is 13.1. The standard InChI is InChI=1S/C17H19NO5/c1-3-22-17(20)14-12-11-8-23-16(18(11)15(19)13(12)14)9-4-6-10(21-2)7-5-9/h4-7,11-14,16H,3,8H2,1-2H3/t11-,12-,13+,14-,16-/m1/s1. The number of nitrogens with zero attached hydrogens (tertiary/aromatic N) is 1. The molecule has 122 valence electrons. The predicted molar refractivity (Wildman–Crippen MR) is 79.4 cm³/mol. The largest absolute Gasteiger partial charge is 0.497 e. The number of piperidine rings is 1. The van der Waals surface area contributed by atoms with E-state index in [4.69, 9.17) is 14.2 Å². The average molecular weight is 317 g/mol. The van der Waals surface area contributed by atoms with E-state index >= 15 is 0 Å². The maximum Gasteiger partial charge on any atom is 0.310 e. The molecule has 2 heterocycles. The highest BCUT2D eigenvalue weighted by molar-refractivity contribution is 5.94. The van der Waals surface area contributed by atoms with Crippen molar-refractivity contribution in [3.05, 3.63) is 29.8 Å². The molecular formula is C17H19NO5.